The van der Waals surface area contributed by atoms with Crippen LogP contribution in [0.25, 0.3) is 0 Å². The smallest absolute Gasteiger partial charge is 0.230 e. The van der Waals surface area contributed by atoms with Crippen molar-refractivity contribution in [1.29, 1.82) is 0 Å². The number of ether oxygens (including phenoxy) is 1. The first-order chi connectivity index (χ1) is 12.6. The molecule has 26 heavy (non-hydrogen) atoms. The van der Waals surface area contributed by atoms with Gasteiger partial charge in [-0.05, 0) is 23.6 Å². The van der Waals surface area contributed by atoms with Crippen molar-refractivity contribution in [3.63, 3.8) is 0 Å². The molecule has 0 radical (unpaired) electrons. The maximum Gasteiger partial charge on any atom is 0.230 e. The van der Waals surface area contributed by atoms with Crippen molar-refractivity contribution in [2.75, 3.05) is 38.3 Å². The van der Waals surface area contributed by atoms with Gasteiger partial charge < -0.3 is 14.5 Å². The Kier molecular flexibility index (Phi) is 4.64. The van der Waals surface area contributed by atoms with Crippen molar-refractivity contribution >= 4 is 17.5 Å². The van der Waals surface area contributed by atoms with Crippen molar-refractivity contribution in [2.24, 2.45) is 5.92 Å². The average molecular weight is 352 g/mol. The van der Waals surface area contributed by atoms with Crippen molar-refractivity contribution in [1.82, 2.24) is 4.90 Å². The number of rotatable bonds is 2. The van der Waals surface area contributed by atoms with Gasteiger partial charge in [0.1, 0.15) is 0 Å². The van der Waals surface area contributed by atoms with Gasteiger partial charge in [0.2, 0.25) is 11.8 Å². The van der Waals surface area contributed by atoms with E-state index >= 15 is 0 Å². The molecule has 1 saturated heterocycles. The van der Waals surface area contributed by atoms with E-state index in [1.807, 2.05) is 36.2 Å². The molecule has 2 unspecified atom stereocenters. The summed E-state index contributed by atoms with van der Waals surface area (Å²) in [5.41, 5.74) is 3.31. The van der Waals surface area contributed by atoms with Crippen LogP contribution >= 0.6 is 0 Å². The first-order valence-electron chi connectivity index (χ1n) is 9.26. The molecule has 1 aliphatic carbocycles. The van der Waals surface area contributed by atoms with E-state index in [1.54, 1.807) is 4.90 Å². The number of allylic oxidation sites excluding steroid dienone is 3. The number of hydrogen-bond donors (Lipinski definition) is 0. The second-order valence-corrected chi connectivity index (χ2v) is 7.10. The fraction of sp³-hybridized carbons (Fsp3) is 0.429. The summed E-state index contributed by atoms with van der Waals surface area (Å²) in [5, 5.41) is 0. The largest absolute Gasteiger partial charge is 0.378 e. The molecule has 0 aromatic heterocycles. The van der Waals surface area contributed by atoms with Crippen molar-refractivity contribution in [3.8, 4) is 0 Å². The second-order valence-electron chi connectivity index (χ2n) is 7.10. The van der Waals surface area contributed by atoms with Crippen LogP contribution in [0.2, 0.25) is 0 Å². The molecular formula is C21H24N2O3. The quantitative estimate of drug-likeness (QED) is 0.820. The predicted octanol–water partition coefficient (Wildman–Crippen LogP) is 2.28. The van der Waals surface area contributed by atoms with Gasteiger partial charge in [0.15, 0.2) is 0 Å². The van der Waals surface area contributed by atoms with Gasteiger partial charge in [-0.2, -0.15) is 0 Å². The van der Waals surface area contributed by atoms with Crippen LogP contribution in [0.4, 0.5) is 5.69 Å². The molecule has 2 atom stereocenters. The number of hydrogen-bond acceptors (Lipinski definition) is 3. The zero-order valence-corrected chi connectivity index (χ0v) is 15.1. The van der Waals surface area contributed by atoms with E-state index in [9.17, 15) is 9.59 Å². The molecule has 5 heteroatoms. The third-order valence-corrected chi connectivity index (χ3v) is 5.57. The number of benzene rings is 1. The van der Waals surface area contributed by atoms with E-state index in [-0.39, 0.29) is 23.7 Å². The fourth-order valence-corrected chi connectivity index (χ4v) is 4.04. The van der Waals surface area contributed by atoms with Crippen LogP contribution in [-0.4, -0.2) is 50.1 Å². The molecule has 3 aliphatic rings. The first kappa shape index (κ1) is 17.0. The third kappa shape index (κ3) is 3.07. The summed E-state index contributed by atoms with van der Waals surface area (Å²) in [6.45, 7) is 2.55. The maximum absolute atomic E-state index is 13.1. The molecule has 0 bridgehead atoms. The zero-order chi connectivity index (χ0) is 18.1. The number of anilines is 1. The summed E-state index contributed by atoms with van der Waals surface area (Å²) in [4.78, 5) is 28.6. The molecule has 0 spiro atoms. The van der Waals surface area contributed by atoms with Gasteiger partial charge in [-0.25, -0.2) is 0 Å². The van der Waals surface area contributed by atoms with E-state index in [2.05, 4.69) is 18.2 Å². The molecular weight excluding hydrogens is 328 g/mol. The third-order valence-electron chi connectivity index (χ3n) is 5.57. The molecule has 4 rings (SSSR count). The molecule has 2 aliphatic heterocycles. The minimum atomic E-state index is -0.181. The number of amides is 2. The molecule has 1 aromatic carbocycles. The number of carbonyl (C=O) groups excluding carboxylic acids is 2. The van der Waals surface area contributed by atoms with Gasteiger partial charge in [-0.3, -0.25) is 9.59 Å². The lowest BCUT2D eigenvalue weighted by Gasteiger charge is -2.33. The lowest BCUT2D eigenvalue weighted by molar-refractivity contribution is -0.138. The minimum absolute atomic E-state index is 0.0311. The summed E-state index contributed by atoms with van der Waals surface area (Å²) in [6, 6.07) is 6.25. The Morgan fingerprint density at radius 3 is 2.69 bits per heavy atom. The molecule has 5 nitrogen and oxygen atoms in total. The Bertz CT molecular complexity index is 777. The van der Waals surface area contributed by atoms with E-state index < -0.39 is 0 Å². The highest BCUT2D eigenvalue weighted by molar-refractivity contribution is 5.96. The van der Waals surface area contributed by atoms with Gasteiger partial charge in [0, 0.05) is 38.2 Å². The molecule has 0 saturated carbocycles. The Balaban J connectivity index is 1.61. The van der Waals surface area contributed by atoms with Crippen LogP contribution in [0.3, 0.4) is 0 Å². The van der Waals surface area contributed by atoms with Crippen LogP contribution in [0.1, 0.15) is 23.5 Å². The highest BCUT2D eigenvalue weighted by Gasteiger charge is 2.32. The average Bonchev–Trinajstić information content (AvgIpc) is 2.70. The van der Waals surface area contributed by atoms with Crippen LogP contribution < -0.4 is 4.90 Å². The number of morpholine rings is 1. The SMILES string of the molecule is CN1C(=O)CCc2cc(C3C=CC=CC3C(=O)N3CCOCC3)ccc21. The Morgan fingerprint density at radius 2 is 1.88 bits per heavy atom. The van der Waals surface area contributed by atoms with Crippen LogP contribution in [0.5, 0.6) is 0 Å². The molecule has 1 fully saturated rings. The Labute approximate surface area is 153 Å². The topological polar surface area (TPSA) is 49.9 Å². The second kappa shape index (κ2) is 7.08. The maximum atomic E-state index is 13.1. The monoisotopic (exact) mass is 352 g/mol. The van der Waals surface area contributed by atoms with Gasteiger partial charge in [-0.15, -0.1) is 0 Å². The van der Waals surface area contributed by atoms with E-state index in [1.165, 1.54) is 5.56 Å². The number of fused-ring (bicyclic) bond motifs is 1. The number of nitrogens with zero attached hydrogens (tertiary/aromatic N) is 2. The molecule has 1 aromatic rings. The van der Waals surface area contributed by atoms with E-state index in [0.717, 1.165) is 17.7 Å². The summed E-state index contributed by atoms with van der Waals surface area (Å²) in [6.07, 6.45) is 9.41. The van der Waals surface area contributed by atoms with Gasteiger partial charge in [0.05, 0.1) is 19.1 Å². The number of aryl methyl sites for hydroxylation is 1. The summed E-state index contributed by atoms with van der Waals surface area (Å²) < 4.78 is 5.37. The standard InChI is InChI=1S/C21H24N2O3/c1-22-19-8-6-15(14-16(19)7-9-20(22)24)17-4-2-3-5-18(17)21(25)23-10-12-26-13-11-23/h2-6,8,14,17-18H,7,9-13H2,1H3. The fourth-order valence-electron chi connectivity index (χ4n) is 4.04. The first-order valence-corrected chi connectivity index (χ1v) is 9.26. The molecule has 0 N–H and O–H groups in total. The Morgan fingerprint density at radius 1 is 1.12 bits per heavy atom. The number of carbonyl (C=O) groups is 2. The Hall–Kier alpha value is -2.40. The van der Waals surface area contributed by atoms with Crippen LogP contribution in [0, 0.1) is 5.92 Å². The summed E-state index contributed by atoms with van der Waals surface area (Å²) in [5.74, 6) is 0.178. The van der Waals surface area contributed by atoms with E-state index in [0.29, 0.717) is 32.7 Å². The van der Waals surface area contributed by atoms with Crippen molar-refractivity contribution < 1.29 is 14.3 Å². The van der Waals surface area contributed by atoms with Crippen molar-refractivity contribution in [2.45, 2.75) is 18.8 Å². The lowest BCUT2D eigenvalue weighted by Crippen LogP contribution is -2.44. The van der Waals surface area contributed by atoms with E-state index in [4.69, 9.17) is 4.74 Å². The zero-order valence-electron chi connectivity index (χ0n) is 15.1. The predicted molar refractivity (Wildman–Crippen MR) is 100 cm³/mol. The lowest BCUT2D eigenvalue weighted by atomic mass is 9.81. The normalized spacial score (nSPS) is 25.3. The molecule has 136 valence electrons. The summed E-state index contributed by atoms with van der Waals surface area (Å²) >= 11 is 0. The minimum Gasteiger partial charge on any atom is -0.378 e. The highest BCUT2D eigenvalue weighted by atomic mass is 16.5. The van der Waals surface area contributed by atoms with Gasteiger partial charge in [0.25, 0.3) is 0 Å². The molecule has 2 amide bonds. The van der Waals surface area contributed by atoms with Crippen molar-refractivity contribution in [3.05, 3.63) is 53.6 Å². The van der Waals surface area contributed by atoms with Gasteiger partial charge >= 0.3 is 0 Å². The summed E-state index contributed by atoms with van der Waals surface area (Å²) in [7, 11) is 1.83. The van der Waals surface area contributed by atoms with Crippen LogP contribution in [0.15, 0.2) is 42.5 Å². The molecule has 2 heterocycles. The van der Waals surface area contributed by atoms with Crippen LogP contribution in [-0.2, 0) is 20.7 Å². The van der Waals surface area contributed by atoms with Gasteiger partial charge in [-0.1, -0.05) is 36.4 Å². The highest BCUT2D eigenvalue weighted by Crippen LogP contribution is 2.36.